The summed E-state index contributed by atoms with van der Waals surface area (Å²) in [5, 5.41) is 3.11. The lowest BCUT2D eigenvalue weighted by atomic mass is 10.1. The Kier molecular flexibility index (Phi) is 1.98. The maximum atomic E-state index is 10.6. The van der Waals surface area contributed by atoms with Crippen LogP contribution < -0.4 is 5.32 Å². The molecular formula is C9H8BrNO. The Morgan fingerprint density at radius 2 is 2.42 bits per heavy atom. The molecule has 0 radical (unpaired) electrons. The summed E-state index contributed by atoms with van der Waals surface area (Å²) in [5.41, 5.74) is 2.30. The van der Waals surface area contributed by atoms with Crippen LogP contribution in [0.5, 0.6) is 0 Å². The molecule has 1 N–H and O–H groups in total. The van der Waals surface area contributed by atoms with E-state index in [0.717, 1.165) is 22.9 Å². The molecule has 1 aromatic rings. The van der Waals surface area contributed by atoms with Crippen molar-refractivity contribution in [2.24, 2.45) is 0 Å². The standard InChI is InChI=1S/C9H8BrNO/c10-8-3-1-2-6-7(8)4-11-9(6)5-12/h1-3,5,9,11H,4H2. The minimum absolute atomic E-state index is 0.113. The molecule has 0 aliphatic carbocycles. The van der Waals surface area contributed by atoms with Crippen LogP contribution in [0.1, 0.15) is 17.2 Å². The van der Waals surface area contributed by atoms with Gasteiger partial charge < -0.3 is 4.79 Å². The summed E-state index contributed by atoms with van der Waals surface area (Å²) < 4.78 is 1.08. The first kappa shape index (κ1) is 7.95. The van der Waals surface area contributed by atoms with E-state index in [9.17, 15) is 4.79 Å². The number of fused-ring (bicyclic) bond motifs is 1. The third-order valence-corrected chi connectivity index (χ3v) is 2.87. The fourth-order valence-corrected chi connectivity index (χ4v) is 2.02. The molecule has 0 saturated carbocycles. The lowest BCUT2D eigenvalue weighted by Gasteiger charge is -2.02. The average Bonchev–Trinajstić information content (AvgIpc) is 2.49. The Balaban J connectivity index is 2.52. The Morgan fingerprint density at radius 3 is 3.17 bits per heavy atom. The molecule has 12 heavy (non-hydrogen) atoms. The van der Waals surface area contributed by atoms with E-state index in [-0.39, 0.29) is 6.04 Å². The lowest BCUT2D eigenvalue weighted by Crippen LogP contribution is -2.12. The van der Waals surface area contributed by atoms with Gasteiger partial charge in [-0.1, -0.05) is 28.1 Å². The molecule has 1 aromatic carbocycles. The van der Waals surface area contributed by atoms with Gasteiger partial charge in [0.2, 0.25) is 0 Å². The molecule has 0 bridgehead atoms. The fourth-order valence-electron chi connectivity index (χ4n) is 1.50. The SMILES string of the molecule is O=CC1NCc2c(Br)cccc21. The zero-order valence-electron chi connectivity index (χ0n) is 6.38. The van der Waals surface area contributed by atoms with Gasteiger partial charge >= 0.3 is 0 Å². The molecule has 0 saturated heterocycles. The van der Waals surface area contributed by atoms with Crippen LogP contribution in [0.2, 0.25) is 0 Å². The zero-order chi connectivity index (χ0) is 8.55. The number of nitrogens with one attached hydrogen (secondary N) is 1. The van der Waals surface area contributed by atoms with E-state index >= 15 is 0 Å². The predicted molar refractivity (Wildman–Crippen MR) is 49.8 cm³/mol. The Hall–Kier alpha value is -0.670. The van der Waals surface area contributed by atoms with Crippen molar-refractivity contribution in [2.45, 2.75) is 12.6 Å². The second-order valence-electron chi connectivity index (χ2n) is 2.80. The predicted octanol–water partition coefficient (Wildman–Crippen LogP) is 1.79. The minimum atomic E-state index is -0.113. The third-order valence-electron chi connectivity index (χ3n) is 2.12. The summed E-state index contributed by atoms with van der Waals surface area (Å²) in [7, 11) is 0. The Morgan fingerprint density at radius 1 is 1.58 bits per heavy atom. The quantitative estimate of drug-likeness (QED) is 0.739. The Labute approximate surface area is 79.1 Å². The first-order chi connectivity index (χ1) is 5.83. The number of rotatable bonds is 1. The van der Waals surface area contributed by atoms with E-state index < -0.39 is 0 Å². The van der Waals surface area contributed by atoms with E-state index in [1.54, 1.807) is 0 Å². The molecule has 1 heterocycles. The maximum Gasteiger partial charge on any atom is 0.141 e. The summed E-state index contributed by atoms with van der Waals surface area (Å²) in [6.07, 6.45) is 0.943. The van der Waals surface area contributed by atoms with Crippen LogP contribution in [-0.2, 0) is 11.3 Å². The monoisotopic (exact) mass is 225 g/mol. The lowest BCUT2D eigenvalue weighted by molar-refractivity contribution is -0.109. The van der Waals surface area contributed by atoms with Gasteiger partial charge in [-0.3, -0.25) is 5.32 Å². The van der Waals surface area contributed by atoms with E-state index in [4.69, 9.17) is 0 Å². The maximum absolute atomic E-state index is 10.6. The van der Waals surface area contributed by atoms with Gasteiger partial charge in [0.1, 0.15) is 6.29 Å². The Bertz CT molecular complexity index is 324. The number of carbonyl (C=O) groups is 1. The highest BCUT2D eigenvalue weighted by Gasteiger charge is 2.21. The topological polar surface area (TPSA) is 29.1 Å². The van der Waals surface area contributed by atoms with E-state index in [2.05, 4.69) is 21.2 Å². The van der Waals surface area contributed by atoms with Crippen molar-refractivity contribution < 1.29 is 4.79 Å². The van der Waals surface area contributed by atoms with E-state index in [0.29, 0.717) is 0 Å². The van der Waals surface area contributed by atoms with Gasteiger partial charge in [-0.05, 0) is 17.2 Å². The number of hydrogen-bond donors (Lipinski definition) is 1. The van der Waals surface area contributed by atoms with Crippen molar-refractivity contribution in [1.29, 1.82) is 0 Å². The molecule has 2 nitrogen and oxygen atoms in total. The van der Waals surface area contributed by atoms with Crippen molar-refractivity contribution in [2.75, 3.05) is 0 Å². The largest absolute Gasteiger partial charge is 0.301 e. The van der Waals surface area contributed by atoms with Crippen LogP contribution in [-0.4, -0.2) is 6.29 Å². The normalized spacial score (nSPS) is 20.6. The molecular weight excluding hydrogens is 218 g/mol. The number of hydrogen-bond acceptors (Lipinski definition) is 2. The summed E-state index contributed by atoms with van der Waals surface area (Å²) >= 11 is 3.45. The van der Waals surface area contributed by atoms with Crippen LogP contribution in [0.15, 0.2) is 22.7 Å². The number of aldehydes is 1. The zero-order valence-corrected chi connectivity index (χ0v) is 7.97. The summed E-state index contributed by atoms with van der Waals surface area (Å²) in [6.45, 7) is 0.778. The smallest absolute Gasteiger partial charge is 0.141 e. The molecule has 2 rings (SSSR count). The third kappa shape index (κ3) is 1.09. The second-order valence-corrected chi connectivity index (χ2v) is 3.66. The highest BCUT2D eigenvalue weighted by atomic mass is 79.9. The van der Waals surface area contributed by atoms with Gasteiger partial charge in [-0.25, -0.2) is 0 Å². The van der Waals surface area contributed by atoms with Gasteiger partial charge in [-0.15, -0.1) is 0 Å². The summed E-state index contributed by atoms with van der Waals surface area (Å²) in [6, 6.07) is 5.82. The molecule has 0 fully saturated rings. The molecule has 1 aliphatic rings. The minimum Gasteiger partial charge on any atom is -0.301 e. The van der Waals surface area contributed by atoms with Gasteiger partial charge in [0.15, 0.2) is 0 Å². The molecule has 62 valence electrons. The van der Waals surface area contributed by atoms with Gasteiger partial charge in [0, 0.05) is 11.0 Å². The highest BCUT2D eigenvalue weighted by Crippen LogP contribution is 2.29. The summed E-state index contributed by atoms with van der Waals surface area (Å²) in [5.74, 6) is 0. The molecule has 0 aromatic heterocycles. The summed E-state index contributed by atoms with van der Waals surface area (Å²) in [4.78, 5) is 10.6. The first-order valence-electron chi connectivity index (χ1n) is 3.79. The van der Waals surface area contributed by atoms with Crippen molar-refractivity contribution in [3.63, 3.8) is 0 Å². The number of benzene rings is 1. The van der Waals surface area contributed by atoms with Gasteiger partial charge in [-0.2, -0.15) is 0 Å². The van der Waals surface area contributed by atoms with Crippen molar-refractivity contribution in [1.82, 2.24) is 5.32 Å². The molecule has 1 atom stereocenters. The second kappa shape index (κ2) is 2.99. The highest BCUT2D eigenvalue weighted by molar-refractivity contribution is 9.10. The molecule has 0 spiro atoms. The van der Waals surface area contributed by atoms with Crippen LogP contribution >= 0.6 is 15.9 Å². The number of halogens is 1. The fraction of sp³-hybridized carbons (Fsp3) is 0.222. The molecule has 1 aliphatic heterocycles. The van der Waals surface area contributed by atoms with E-state index in [1.807, 2.05) is 18.2 Å². The van der Waals surface area contributed by atoms with Crippen LogP contribution in [0, 0.1) is 0 Å². The molecule has 0 amide bonds. The van der Waals surface area contributed by atoms with Crippen molar-refractivity contribution in [3.8, 4) is 0 Å². The molecule has 3 heteroatoms. The average molecular weight is 226 g/mol. The van der Waals surface area contributed by atoms with Gasteiger partial charge in [0.25, 0.3) is 0 Å². The van der Waals surface area contributed by atoms with Gasteiger partial charge in [0.05, 0.1) is 6.04 Å². The first-order valence-corrected chi connectivity index (χ1v) is 4.58. The van der Waals surface area contributed by atoms with Crippen LogP contribution in [0.25, 0.3) is 0 Å². The number of carbonyl (C=O) groups excluding carboxylic acids is 1. The van der Waals surface area contributed by atoms with Crippen molar-refractivity contribution >= 4 is 22.2 Å². The van der Waals surface area contributed by atoms with Crippen molar-refractivity contribution in [3.05, 3.63) is 33.8 Å². The van der Waals surface area contributed by atoms with Crippen LogP contribution in [0.3, 0.4) is 0 Å². The van der Waals surface area contributed by atoms with Crippen LogP contribution in [0.4, 0.5) is 0 Å². The molecule has 1 unspecified atom stereocenters. The van der Waals surface area contributed by atoms with E-state index in [1.165, 1.54) is 5.56 Å².